The van der Waals surface area contributed by atoms with Crippen LogP contribution in [0.1, 0.15) is 33.4 Å². The lowest BCUT2D eigenvalue weighted by molar-refractivity contribution is 0.666. The summed E-state index contributed by atoms with van der Waals surface area (Å²) in [6, 6.07) is 65.7. The zero-order valence-corrected chi connectivity index (χ0v) is 29.8. The molecule has 3 nitrogen and oxygen atoms in total. The highest BCUT2D eigenvalue weighted by molar-refractivity contribution is 6.08. The molecule has 2 heterocycles. The Hall–Kier alpha value is -7.23. The van der Waals surface area contributed by atoms with Gasteiger partial charge in [0.05, 0.1) is 16.4 Å². The maximum absolute atomic E-state index is 6.60. The van der Waals surface area contributed by atoms with Crippen molar-refractivity contribution in [3.05, 3.63) is 215 Å². The van der Waals surface area contributed by atoms with Crippen LogP contribution in [0, 0.1) is 0 Å². The van der Waals surface area contributed by atoms with Gasteiger partial charge in [-0.25, -0.2) is 4.98 Å². The monoisotopic (exact) mass is 700 g/mol. The van der Waals surface area contributed by atoms with Crippen molar-refractivity contribution < 1.29 is 4.42 Å². The third-order valence-corrected chi connectivity index (χ3v) is 11.8. The lowest BCUT2D eigenvalue weighted by Crippen LogP contribution is -2.30. The summed E-state index contributed by atoms with van der Waals surface area (Å²) in [5.41, 5.74) is 17.7. The van der Waals surface area contributed by atoms with Gasteiger partial charge >= 0.3 is 0 Å². The zero-order valence-electron chi connectivity index (χ0n) is 29.8. The van der Waals surface area contributed by atoms with Crippen LogP contribution in [-0.2, 0) is 5.41 Å². The molecule has 3 heteroatoms. The fourth-order valence-electron chi connectivity index (χ4n) is 9.47. The van der Waals surface area contributed by atoms with Crippen LogP contribution < -0.4 is 0 Å². The van der Waals surface area contributed by atoms with Crippen LogP contribution in [0.5, 0.6) is 0 Å². The van der Waals surface area contributed by atoms with Gasteiger partial charge in [0, 0.05) is 22.0 Å². The number of furan rings is 1. The molecular formula is C52H32N2O. The molecule has 0 saturated heterocycles. The van der Waals surface area contributed by atoms with Crippen molar-refractivity contribution in [3.63, 3.8) is 0 Å². The first-order valence-electron chi connectivity index (χ1n) is 18.9. The fraction of sp³-hybridized carbons (Fsp3) is 0.0192. The molecule has 0 saturated carbocycles. The van der Waals surface area contributed by atoms with Crippen LogP contribution in [0.4, 0.5) is 0 Å². The average Bonchev–Trinajstić information content (AvgIpc) is 3.87. The van der Waals surface area contributed by atoms with Gasteiger partial charge in [0.25, 0.3) is 0 Å². The normalized spacial score (nSPS) is 15.3. The first-order valence-corrected chi connectivity index (χ1v) is 18.9. The van der Waals surface area contributed by atoms with Gasteiger partial charge in [-0.1, -0.05) is 146 Å². The second kappa shape index (κ2) is 11.4. The minimum absolute atomic E-state index is 0.579. The van der Waals surface area contributed by atoms with Crippen molar-refractivity contribution in [3.8, 4) is 39.3 Å². The fourth-order valence-corrected chi connectivity index (χ4v) is 9.47. The Bertz CT molecular complexity index is 3200. The van der Waals surface area contributed by atoms with Gasteiger partial charge in [-0.15, -0.1) is 0 Å². The predicted molar refractivity (Wildman–Crippen MR) is 225 cm³/mol. The molecule has 8 aromatic carbocycles. The number of para-hydroxylation sites is 2. The molecule has 1 unspecified atom stereocenters. The number of imidazole rings is 1. The number of hydrogen-bond donors (Lipinski definition) is 0. The number of rotatable bonds is 3. The maximum Gasteiger partial charge on any atom is 0.145 e. The second-order valence-electron chi connectivity index (χ2n) is 14.7. The van der Waals surface area contributed by atoms with Crippen molar-refractivity contribution in [2.24, 2.45) is 0 Å². The Morgan fingerprint density at radius 2 is 1.13 bits per heavy atom. The van der Waals surface area contributed by atoms with Gasteiger partial charge in [-0.2, -0.15) is 0 Å². The first kappa shape index (κ1) is 30.3. The SMILES string of the molecule is C1=Cc2ccc(-c3ccc4c(c3)nc(-c3ccccc3)n4-c3ccccc3)cc2C2(c3ccccc31)c1ccccc1-c1cc3c(cc12)oc1ccccc13. The topological polar surface area (TPSA) is 31.0 Å². The summed E-state index contributed by atoms with van der Waals surface area (Å²) < 4.78 is 8.87. The molecule has 0 bridgehead atoms. The molecule has 0 radical (unpaired) electrons. The van der Waals surface area contributed by atoms with Crippen molar-refractivity contribution in [1.82, 2.24) is 9.55 Å². The maximum atomic E-state index is 6.60. The Kier molecular flexibility index (Phi) is 6.26. The van der Waals surface area contributed by atoms with Crippen molar-refractivity contribution in [2.45, 2.75) is 5.41 Å². The number of benzene rings is 8. The molecule has 0 fully saturated rings. The van der Waals surface area contributed by atoms with E-state index >= 15 is 0 Å². The quantitative estimate of drug-likeness (QED) is 0.184. The number of nitrogens with zero attached hydrogens (tertiary/aromatic N) is 2. The van der Waals surface area contributed by atoms with E-state index in [2.05, 4.69) is 193 Å². The van der Waals surface area contributed by atoms with E-state index in [1.165, 1.54) is 44.5 Å². The summed E-state index contributed by atoms with van der Waals surface area (Å²) in [5.74, 6) is 0.928. The van der Waals surface area contributed by atoms with E-state index in [-0.39, 0.29) is 0 Å². The summed E-state index contributed by atoms with van der Waals surface area (Å²) in [7, 11) is 0. The molecule has 1 spiro atoms. The molecule has 55 heavy (non-hydrogen) atoms. The Balaban J connectivity index is 1.12. The van der Waals surface area contributed by atoms with E-state index in [0.29, 0.717) is 0 Å². The zero-order chi connectivity index (χ0) is 36.1. The highest BCUT2D eigenvalue weighted by Gasteiger charge is 2.49. The molecule has 0 N–H and O–H groups in total. The summed E-state index contributed by atoms with van der Waals surface area (Å²) in [6.45, 7) is 0. The molecule has 12 rings (SSSR count). The third-order valence-electron chi connectivity index (χ3n) is 11.8. The number of hydrogen-bond acceptors (Lipinski definition) is 2. The van der Waals surface area contributed by atoms with Crippen LogP contribution in [0.2, 0.25) is 0 Å². The van der Waals surface area contributed by atoms with Crippen molar-refractivity contribution in [1.29, 1.82) is 0 Å². The van der Waals surface area contributed by atoms with Gasteiger partial charge in [-0.05, 0) is 104 Å². The summed E-state index contributed by atoms with van der Waals surface area (Å²) in [5, 5.41) is 2.29. The van der Waals surface area contributed by atoms with Crippen molar-refractivity contribution in [2.75, 3.05) is 0 Å². The minimum atomic E-state index is -0.579. The standard InChI is InChI=1S/C52H32N2O/c1-3-14-35(15-4-1)51-53-47-30-37(27-28-48(47)54(51)38-16-5-2-6-17-38)36-26-25-34-24-23-33-13-7-10-20-43(33)52(45(34)29-36)44-21-11-8-18-39(44)41-31-42-40-19-9-12-22-49(40)55-50(42)32-46(41)52/h1-32H. The predicted octanol–water partition coefficient (Wildman–Crippen LogP) is 13.1. The van der Waals surface area contributed by atoms with E-state index in [4.69, 9.17) is 9.40 Å². The third kappa shape index (κ3) is 4.24. The van der Waals surface area contributed by atoms with Gasteiger partial charge in [0.2, 0.25) is 0 Å². The van der Waals surface area contributed by atoms with E-state index in [0.717, 1.165) is 61.2 Å². The van der Waals surface area contributed by atoms with Crippen LogP contribution >= 0.6 is 0 Å². The number of fused-ring (bicyclic) bond motifs is 13. The highest BCUT2D eigenvalue weighted by atomic mass is 16.3. The molecule has 2 aliphatic carbocycles. The van der Waals surface area contributed by atoms with Gasteiger partial charge in [0.15, 0.2) is 0 Å². The first-order chi connectivity index (χ1) is 27.3. The van der Waals surface area contributed by atoms with E-state index < -0.39 is 5.41 Å². The van der Waals surface area contributed by atoms with Crippen LogP contribution in [0.25, 0.3) is 84.5 Å². The molecule has 2 aliphatic rings. The van der Waals surface area contributed by atoms with Crippen LogP contribution in [-0.4, -0.2) is 9.55 Å². The van der Waals surface area contributed by atoms with Crippen LogP contribution in [0.3, 0.4) is 0 Å². The number of aromatic nitrogens is 2. The summed E-state index contributed by atoms with van der Waals surface area (Å²) in [6.07, 6.45) is 4.58. The Labute approximate surface area is 318 Å². The molecule has 256 valence electrons. The van der Waals surface area contributed by atoms with Crippen molar-refractivity contribution >= 4 is 45.1 Å². The second-order valence-corrected chi connectivity index (χ2v) is 14.7. The summed E-state index contributed by atoms with van der Waals surface area (Å²) in [4.78, 5) is 5.30. The Morgan fingerprint density at radius 1 is 0.436 bits per heavy atom. The highest BCUT2D eigenvalue weighted by Crippen LogP contribution is 2.60. The molecule has 10 aromatic rings. The average molecular weight is 701 g/mol. The van der Waals surface area contributed by atoms with E-state index in [1.54, 1.807) is 0 Å². The molecule has 1 atom stereocenters. The molecule has 0 amide bonds. The summed E-state index contributed by atoms with van der Waals surface area (Å²) >= 11 is 0. The molecular weight excluding hydrogens is 669 g/mol. The lowest BCUT2D eigenvalue weighted by Gasteiger charge is -2.35. The van der Waals surface area contributed by atoms with Gasteiger partial charge in [0.1, 0.15) is 17.0 Å². The Morgan fingerprint density at radius 3 is 2.00 bits per heavy atom. The minimum Gasteiger partial charge on any atom is -0.456 e. The largest absolute Gasteiger partial charge is 0.456 e. The van der Waals surface area contributed by atoms with Crippen LogP contribution in [0.15, 0.2) is 186 Å². The lowest BCUT2D eigenvalue weighted by atomic mass is 9.65. The smallest absolute Gasteiger partial charge is 0.145 e. The molecule has 0 aliphatic heterocycles. The van der Waals surface area contributed by atoms with Gasteiger partial charge < -0.3 is 4.42 Å². The van der Waals surface area contributed by atoms with E-state index in [1.807, 2.05) is 6.07 Å². The van der Waals surface area contributed by atoms with Gasteiger partial charge in [-0.3, -0.25) is 4.57 Å². The van der Waals surface area contributed by atoms with E-state index in [9.17, 15) is 0 Å². The molecule has 2 aromatic heterocycles.